The van der Waals surface area contributed by atoms with Gasteiger partial charge in [0, 0.05) is 30.1 Å². The fourth-order valence-corrected chi connectivity index (χ4v) is 2.27. The van der Waals surface area contributed by atoms with Gasteiger partial charge in [0.1, 0.15) is 0 Å². The summed E-state index contributed by atoms with van der Waals surface area (Å²) >= 11 is 0. The molecule has 0 spiro atoms. The molecule has 1 aromatic rings. The summed E-state index contributed by atoms with van der Waals surface area (Å²) in [5.74, 6) is 0. The highest BCUT2D eigenvalue weighted by molar-refractivity contribution is 5.34. The third kappa shape index (κ3) is 2.37. The molecule has 2 rings (SSSR count). The third-order valence-corrected chi connectivity index (χ3v) is 3.89. The van der Waals surface area contributed by atoms with Crippen molar-refractivity contribution in [3.8, 4) is 0 Å². The van der Waals surface area contributed by atoms with Crippen LogP contribution >= 0.6 is 0 Å². The van der Waals surface area contributed by atoms with Crippen LogP contribution in [0, 0.1) is 15.5 Å². The molecular formula is C13H18N2O3. The number of aliphatic hydroxyl groups is 1. The lowest BCUT2D eigenvalue weighted by Gasteiger charge is -2.49. The number of aliphatic hydroxyl groups excluding tert-OH is 1. The summed E-state index contributed by atoms with van der Waals surface area (Å²) in [6.07, 6.45) is 0.474. The van der Waals surface area contributed by atoms with E-state index < -0.39 is 0 Å². The molecule has 1 aromatic carbocycles. The van der Waals surface area contributed by atoms with Crippen molar-refractivity contribution in [1.29, 1.82) is 0 Å². The van der Waals surface area contributed by atoms with Crippen molar-refractivity contribution in [2.45, 2.75) is 39.0 Å². The van der Waals surface area contributed by atoms with Gasteiger partial charge in [0.2, 0.25) is 0 Å². The van der Waals surface area contributed by atoms with Crippen LogP contribution in [0.15, 0.2) is 24.3 Å². The monoisotopic (exact) mass is 250 g/mol. The second-order valence-corrected chi connectivity index (χ2v) is 5.43. The molecular weight excluding hydrogens is 232 g/mol. The first-order valence-corrected chi connectivity index (χ1v) is 6.06. The first-order valence-electron chi connectivity index (χ1n) is 6.06. The zero-order chi connectivity index (χ0) is 13.3. The Morgan fingerprint density at radius 2 is 2.28 bits per heavy atom. The maximum atomic E-state index is 10.7. The summed E-state index contributed by atoms with van der Waals surface area (Å²) in [4.78, 5) is 10.3. The highest BCUT2D eigenvalue weighted by Crippen LogP contribution is 2.40. The van der Waals surface area contributed by atoms with E-state index in [1.165, 1.54) is 6.07 Å². The van der Waals surface area contributed by atoms with Gasteiger partial charge in [-0.1, -0.05) is 26.0 Å². The molecule has 1 aliphatic rings. The first kappa shape index (κ1) is 13.0. The highest BCUT2D eigenvalue weighted by atomic mass is 16.6. The normalized spacial score (nSPS) is 25.5. The van der Waals surface area contributed by atoms with Crippen molar-refractivity contribution >= 4 is 5.69 Å². The van der Waals surface area contributed by atoms with Crippen LogP contribution in [0.4, 0.5) is 5.69 Å². The summed E-state index contributed by atoms with van der Waals surface area (Å²) in [5, 5.41) is 23.6. The molecule has 0 heterocycles. The van der Waals surface area contributed by atoms with E-state index in [2.05, 4.69) is 5.32 Å². The van der Waals surface area contributed by atoms with Crippen molar-refractivity contribution < 1.29 is 10.0 Å². The Balaban J connectivity index is 1.95. The summed E-state index contributed by atoms with van der Waals surface area (Å²) in [6, 6.07) is 6.87. The molecule has 0 aliphatic heterocycles. The topological polar surface area (TPSA) is 75.4 Å². The molecule has 0 amide bonds. The number of non-ortho nitro benzene ring substituents is 1. The summed E-state index contributed by atoms with van der Waals surface area (Å²) in [6.45, 7) is 4.63. The number of hydrogen-bond acceptors (Lipinski definition) is 4. The maximum Gasteiger partial charge on any atom is 0.269 e. The van der Waals surface area contributed by atoms with Gasteiger partial charge < -0.3 is 10.4 Å². The molecule has 0 radical (unpaired) electrons. The van der Waals surface area contributed by atoms with E-state index in [0.29, 0.717) is 6.54 Å². The molecule has 18 heavy (non-hydrogen) atoms. The fourth-order valence-electron chi connectivity index (χ4n) is 2.27. The minimum absolute atomic E-state index is 0.113. The van der Waals surface area contributed by atoms with Gasteiger partial charge in [-0.3, -0.25) is 10.1 Å². The molecule has 2 N–H and O–H groups in total. The number of nitrogens with one attached hydrogen (secondary N) is 1. The lowest BCUT2D eigenvalue weighted by Crippen LogP contribution is -2.59. The predicted octanol–water partition coefficient (Wildman–Crippen LogP) is 1.84. The van der Waals surface area contributed by atoms with Crippen LogP contribution in [0.2, 0.25) is 0 Å². The van der Waals surface area contributed by atoms with Gasteiger partial charge in [0.15, 0.2) is 0 Å². The van der Waals surface area contributed by atoms with Gasteiger partial charge in [-0.2, -0.15) is 0 Å². The smallest absolute Gasteiger partial charge is 0.269 e. The average molecular weight is 250 g/mol. The van der Waals surface area contributed by atoms with E-state index in [1.54, 1.807) is 12.1 Å². The van der Waals surface area contributed by atoms with Crippen molar-refractivity contribution in [3.05, 3.63) is 39.9 Å². The Kier molecular flexibility index (Phi) is 3.36. The van der Waals surface area contributed by atoms with Gasteiger partial charge in [0.25, 0.3) is 5.69 Å². The highest BCUT2D eigenvalue weighted by Gasteiger charge is 2.46. The first-order chi connectivity index (χ1) is 8.41. The molecule has 1 fully saturated rings. The summed E-state index contributed by atoms with van der Waals surface area (Å²) in [7, 11) is 0. The number of benzene rings is 1. The lowest BCUT2D eigenvalue weighted by molar-refractivity contribution is -0.384. The summed E-state index contributed by atoms with van der Waals surface area (Å²) < 4.78 is 0. The second kappa shape index (κ2) is 4.66. The maximum absolute atomic E-state index is 10.7. The Morgan fingerprint density at radius 1 is 1.56 bits per heavy atom. The van der Waals surface area contributed by atoms with Crippen molar-refractivity contribution in [3.63, 3.8) is 0 Å². The number of rotatable bonds is 4. The average Bonchev–Trinajstić information content (AvgIpc) is 2.34. The van der Waals surface area contributed by atoms with E-state index in [9.17, 15) is 15.2 Å². The zero-order valence-electron chi connectivity index (χ0n) is 10.6. The SMILES string of the molecule is CC1(C)C(O)CC1NCc1cccc([N+](=O)[O-])c1. The Bertz CT molecular complexity index is 459. The van der Waals surface area contributed by atoms with Gasteiger partial charge in [-0.15, -0.1) is 0 Å². The molecule has 1 aliphatic carbocycles. The van der Waals surface area contributed by atoms with Crippen LogP contribution in [0.5, 0.6) is 0 Å². The lowest BCUT2D eigenvalue weighted by atomic mass is 9.64. The molecule has 0 saturated heterocycles. The molecule has 98 valence electrons. The molecule has 0 bridgehead atoms. The summed E-state index contributed by atoms with van der Waals surface area (Å²) in [5.41, 5.74) is 0.879. The van der Waals surface area contributed by atoms with Crippen molar-refractivity contribution in [1.82, 2.24) is 5.32 Å². The number of nitrogens with zero attached hydrogens (tertiary/aromatic N) is 1. The largest absolute Gasteiger partial charge is 0.392 e. The molecule has 1 saturated carbocycles. The van der Waals surface area contributed by atoms with Gasteiger partial charge in [-0.05, 0) is 12.0 Å². The van der Waals surface area contributed by atoms with E-state index in [4.69, 9.17) is 0 Å². The van der Waals surface area contributed by atoms with Crippen LogP contribution in [-0.4, -0.2) is 22.2 Å². The molecule has 5 nitrogen and oxygen atoms in total. The minimum Gasteiger partial charge on any atom is -0.392 e. The van der Waals surface area contributed by atoms with Crippen molar-refractivity contribution in [2.75, 3.05) is 0 Å². The van der Waals surface area contributed by atoms with E-state index in [1.807, 2.05) is 19.9 Å². The van der Waals surface area contributed by atoms with Gasteiger partial charge in [0.05, 0.1) is 11.0 Å². The number of nitro benzene ring substituents is 1. The molecule has 5 heteroatoms. The quantitative estimate of drug-likeness (QED) is 0.631. The third-order valence-electron chi connectivity index (χ3n) is 3.89. The zero-order valence-corrected chi connectivity index (χ0v) is 10.6. The molecule has 2 unspecified atom stereocenters. The van der Waals surface area contributed by atoms with Gasteiger partial charge >= 0.3 is 0 Å². The van der Waals surface area contributed by atoms with Gasteiger partial charge in [-0.25, -0.2) is 0 Å². The van der Waals surface area contributed by atoms with Crippen LogP contribution in [0.1, 0.15) is 25.8 Å². The van der Waals surface area contributed by atoms with Crippen LogP contribution in [0.3, 0.4) is 0 Å². The van der Waals surface area contributed by atoms with E-state index in [-0.39, 0.29) is 28.2 Å². The van der Waals surface area contributed by atoms with E-state index >= 15 is 0 Å². The van der Waals surface area contributed by atoms with Crippen LogP contribution in [0.25, 0.3) is 0 Å². The van der Waals surface area contributed by atoms with E-state index in [0.717, 1.165) is 12.0 Å². The minimum atomic E-state index is -0.388. The Hall–Kier alpha value is -1.46. The van der Waals surface area contributed by atoms with Crippen LogP contribution < -0.4 is 5.32 Å². The van der Waals surface area contributed by atoms with Crippen LogP contribution in [-0.2, 0) is 6.54 Å². The fraction of sp³-hybridized carbons (Fsp3) is 0.538. The number of nitro groups is 1. The second-order valence-electron chi connectivity index (χ2n) is 5.43. The molecule has 0 aromatic heterocycles. The predicted molar refractivity (Wildman–Crippen MR) is 68.1 cm³/mol. The Morgan fingerprint density at radius 3 is 2.83 bits per heavy atom. The standard InChI is InChI=1S/C13H18N2O3/c1-13(2)11(7-12(13)16)14-8-9-4-3-5-10(6-9)15(17)18/h3-6,11-12,14,16H,7-8H2,1-2H3. The van der Waals surface area contributed by atoms with Crippen molar-refractivity contribution in [2.24, 2.45) is 5.41 Å². The Labute approximate surface area is 106 Å². The molecule has 2 atom stereocenters. The number of hydrogen-bond donors (Lipinski definition) is 2.